The largest absolute Gasteiger partial charge is 0.366 e. The van der Waals surface area contributed by atoms with Crippen LogP contribution in [0.4, 0.5) is 11.4 Å². The second kappa shape index (κ2) is 8.46. The zero-order chi connectivity index (χ0) is 20.3. The molecular weight excluding hydrogens is 382 g/mol. The van der Waals surface area contributed by atoms with Gasteiger partial charge in [0.1, 0.15) is 5.69 Å². The first-order chi connectivity index (χ1) is 13.3. The lowest BCUT2D eigenvalue weighted by atomic mass is 10.1. The van der Waals surface area contributed by atoms with Gasteiger partial charge in [0.05, 0.1) is 16.4 Å². The maximum absolute atomic E-state index is 13.1. The molecule has 28 heavy (non-hydrogen) atoms. The fourth-order valence-electron chi connectivity index (χ4n) is 4.08. The summed E-state index contributed by atoms with van der Waals surface area (Å²) in [5.41, 5.74) is 0.722. The summed E-state index contributed by atoms with van der Waals surface area (Å²) >= 11 is 0. The van der Waals surface area contributed by atoms with Crippen LogP contribution in [-0.4, -0.2) is 61.3 Å². The first-order valence-electron chi connectivity index (χ1n) is 9.87. The number of amides is 1. The van der Waals surface area contributed by atoms with Crippen LogP contribution < -0.4 is 4.90 Å². The van der Waals surface area contributed by atoms with Crippen molar-refractivity contribution < 1.29 is 18.1 Å². The molecule has 1 amide bonds. The zero-order valence-electron chi connectivity index (χ0n) is 16.2. The molecule has 2 aliphatic heterocycles. The predicted octanol–water partition coefficient (Wildman–Crippen LogP) is 2.62. The van der Waals surface area contributed by atoms with E-state index in [0.29, 0.717) is 25.1 Å². The van der Waals surface area contributed by atoms with E-state index in [9.17, 15) is 23.3 Å². The Morgan fingerprint density at radius 3 is 2.57 bits per heavy atom. The van der Waals surface area contributed by atoms with Crippen LogP contribution in [0.1, 0.15) is 49.4 Å². The van der Waals surface area contributed by atoms with Crippen molar-refractivity contribution in [1.29, 1.82) is 0 Å². The molecule has 0 N–H and O–H groups in total. The number of anilines is 1. The third-order valence-electron chi connectivity index (χ3n) is 5.49. The molecule has 0 spiro atoms. The number of piperidine rings is 1. The van der Waals surface area contributed by atoms with E-state index in [0.717, 1.165) is 32.4 Å². The van der Waals surface area contributed by atoms with Crippen molar-refractivity contribution >= 4 is 27.1 Å². The first kappa shape index (κ1) is 20.6. The van der Waals surface area contributed by atoms with Gasteiger partial charge in [0, 0.05) is 37.3 Å². The molecule has 0 aromatic heterocycles. The Hall–Kier alpha value is -2.16. The summed E-state index contributed by atoms with van der Waals surface area (Å²) in [7, 11) is -3.13. The van der Waals surface area contributed by atoms with Gasteiger partial charge in [-0.1, -0.05) is 6.92 Å². The molecule has 0 bridgehead atoms. The lowest BCUT2D eigenvalue weighted by Crippen LogP contribution is -2.41. The molecule has 2 saturated heterocycles. The number of benzene rings is 1. The summed E-state index contributed by atoms with van der Waals surface area (Å²) < 4.78 is 23.7. The number of nitro groups is 1. The molecule has 0 saturated carbocycles. The highest BCUT2D eigenvalue weighted by Gasteiger charge is 2.35. The fourth-order valence-corrected chi connectivity index (χ4v) is 5.81. The van der Waals surface area contributed by atoms with E-state index in [4.69, 9.17) is 0 Å². The maximum atomic E-state index is 13.1. The van der Waals surface area contributed by atoms with Crippen LogP contribution in [0.2, 0.25) is 0 Å². The van der Waals surface area contributed by atoms with Crippen LogP contribution in [0.3, 0.4) is 0 Å². The molecule has 2 fully saturated rings. The molecule has 2 heterocycles. The van der Waals surface area contributed by atoms with Gasteiger partial charge < -0.3 is 9.80 Å². The van der Waals surface area contributed by atoms with E-state index < -0.39 is 14.8 Å². The van der Waals surface area contributed by atoms with E-state index in [1.54, 1.807) is 17.0 Å². The lowest BCUT2D eigenvalue weighted by Gasteiger charge is -2.30. The number of nitro benzene ring substituents is 1. The monoisotopic (exact) mass is 409 g/mol. The highest BCUT2D eigenvalue weighted by atomic mass is 32.2. The number of hydrogen-bond acceptors (Lipinski definition) is 6. The molecule has 0 aliphatic carbocycles. The number of sulfone groups is 1. The van der Waals surface area contributed by atoms with Crippen LogP contribution in [0.15, 0.2) is 18.2 Å². The van der Waals surface area contributed by atoms with Gasteiger partial charge in [-0.15, -0.1) is 0 Å². The molecule has 9 heteroatoms. The summed E-state index contributed by atoms with van der Waals surface area (Å²) in [6.07, 6.45) is 4.23. The zero-order valence-corrected chi connectivity index (χ0v) is 17.0. The second-order valence-electron chi connectivity index (χ2n) is 7.56. The van der Waals surface area contributed by atoms with E-state index in [1.807, 2.05) is 11.8 Å². The van der Waals surface area contributed by atoms with Crippen molar-refractivity contribution in [3.63, 3.8) is 0 Å². The molecule has 2 aliphatic rings. The van der Waals surface area contributed by atoms with Crippen LogP contribution in [0, 0.1) is 10.1 Å². The number of nitrogens with zero attached hydrogens (tertiary/aromatic N) is 3. The Kier molecular flexibility index (Phi) is 6.22. The Morgan fingerprint density at radius 1 is 1.29 bits per heavy atom. The minimum absolute atomic E-state index is 0.0350. The van der Waals surface area contributed by atoms with Crippen molar-refractivity contribution in [3.05, 3.63) is 33.9 Å². The standard InChI is InChI=1S/C19H27N3O5S/c1-2-9-21(16-8-12-28(26,27)14-16)19(23)15-6-7-17(18(13-15)22(24)25)20-10-4-3-5-11-20/h6-7,13,16H,2-5,8-12,14H2,1H3/t16-/m1/s1. The molecule has 154 valence electrons. The Morgan fingerprint density at radius 2 is 2.00 bits per heavy atom. The molecule has 1 aromatic carbocycles. The van der Waals surface area contributed by atoms with Crippen molar-refractivity contribution in [3.8, 4) is 0 Å². The third kappa shape index (κ3) is 4.45. The van der Waals surface area contributed by atoms with Gasteiger partial charge in [0.25, 0.3) is 11.6 Å². The molecule has 8 nitrogen and oxygen atoms in total. The molecule has 1 aromatic rings. The van der Waals surface area contributed by atoms with Gasteiger partial charge in [-0.2, -0.15) is 0 Å². The van der Waals surface area contributed by atoms with Gasteiger partial charge >= 0.3 is 0 Å². The summed E-state index contributed by atoms with van der Waals surface area (Å²) in [5, 5.41) is 11.7. The minimum atomic E-state index is -3.13. The highest BCUT2D eigenvalue weighted by molar-refractivity contribution is 7.91. The predicted molar refractivity (Wildman–Crippen MR) is 108 cm³/mol. The van der Waals surface area contributed by atoms with Crippen LogP contribution in [0.5, 0.6) is 0 Å². The topological polar surface area (TPSA) is 101 Å². The van der Waals surface area contributed by atoms with Gasteiger partial charge in [0.15, 0.2) is 9.84 Å². The van der Waals surface area contributed by atoms with Crippen molar-refractivity contribution in [2.24, 2.45) is 0 Å². The van der Waals surface area contributed by atoms with E-state index in [2.05, 4.69) is 0 Å². The Bertz CT molecular complexity index is 849. The van der Waals surface area contributed by atoms with E-state index in [-0.39, 0.29) is 34.7 Å². The highest BCUT2D eigenvalue weighted by Crippen LogP contribution is 2.32. The molecule has 3 rings (SSSR count). The van der Waals surface area contributed by atoms with Crippen molar-refractivity contribution in [1.82, 2.24) is 4.90 Å². The van der Waals surface area contributed by atoms with Crippen LogP contribution in [-0.2, 0) is 9.84 Å². The van der Waals surface area contributed by atoms with Crippen molar-refractivity contribution in [2.45, 2.75) is 45.1 Å². The summed E-state index contributed by atoms with van der Waals surface area (Å²) in [6, 6.07) is 4.27. The second-order valence-corrected chi connectivity index (χ2v) is 9.79. The maximum Gasteiger partial charge on any atom is 0.293 e. The number of hydrogen-bond donors (Lipinski definition) is 0. The number of rotatable bonds is 6. The quantitative estimate of drug-likeness (QED) is 0.529. The molecular formula is C19H27N3O5S. The van der Waals surface area contributed by atoms with Crippen molar-refractivity contribution in [2.75, 3.05) is 36.0 Å². The summed E-state index contributed by atoms with van der Waals surface area (Å²) in [6.45, 7) is 3.90. The average Bonchev–Trinajstić information content (AvgIpc) is 3.05. The van der Waals surface area contributed by atoms with Gasteiger partial charge in [0.2, 0.25) is 0 Å². The summed E-state index contributed by atoms with van der Waals surface area (Å²) in [4.78, 5) is 27.9. The fraction of sp³-hybridized carbons (Fsp3) is 0.632. The SMILES string of the molecule is CCCN(C(=O)c1ccc(N2CCCCC2)c([N+](=O)[O-])c1)[C@@H]1CCS(=O)(=O)C1. The smallest absolute Gasteiger partial charge is 0.293 e. The van der Waals surface area contributed by atoms with Gasteiger partial charge in [-0.3, -0.25) is 14.9 Å². The minimum Gasteiger partial charge on any atom is -0.366 e. The third-order valence-corrected chi connectivity index (χ3v) is 7.24. The van der Waals surface area contributed by atoms with Crippen LogP contribution in [0.25, 0.3) is 0 Å². The normalized spacial score (nSPS) is 21.5. The molecule has 0 unspecified atom stereocenters. The van der Waals surface area contributed by atoms with Gasteiger partial charge in [-0.25, -0.2) is 8.42 Å². The number of carbonyl (C=O) groups is 1. The lowest BCUT2D eigenvalue weighted by molar-refractivity contribution is -0.384. The Balaban J connectivity index is 1.89. The molecule has 1 atom stereocenters. The number of carbonyl (C=O) groups excluding carboxylic acids is 1. The van der Waals surface area contributed by atoms with Crippen LogP contribution >= 0.6 is 0 Å². The van der Waals surface area contributed by atoms with E-state index in [1.165, 1.54) is 6.07 Å². The first-order valence-corrected chi connectivity index (χ1v) is 11.7. The summed E-state index contributed by atoms with van der Waals surface area (Å²) in [5.74, 6) is -0.288. The Labute approximate surface area is 165 Å². The van der Waals surface area contributed by atoms with E-state index >= 15 is 0 Å². The molecule has 0 radical (unpaired) electrons. The average molecular weight is 410 g/mol. The van der Waals surface area contributed by atoms with Gasteiger partial charge in [-0.05, 0) is 44.2 Å².